The molecule has 0 saturated heterocycles. The van der Waals surface area contributed by atoms with Crippen LogP contribution >= 0.6 is 0 Å². The molecule has 58 heavy (non-hydrogen) atoms. The molecule has 0 spiro atoms. The lowest BCUT2D eigenvalue weighted by Crippen LogP contribution is -2.54. The van der Waals surface area contributed by atoms with E-state index in [1.807, 2.05) is 34.6 Å². The van der Waals surface area contributed by atoms with Gasteiger partial charge in [-0.3, -0.25) is 0 Å². The molecule has 0 amide bonds. The molecule has 3 rings (SSSR count). The summed E-state index contributed by atoms with van der Waals surface area (Å²) in [7, 11) is 0. The molecule has 0 unspecified atom stereocenters. The molecule has 0 atom stereocenters. The minimum atomic E-state index is -0.922. The van der Waals surface area contributed by atoms with Gasteiger partial charge in [0, 0.05) is 21.8 Å². The largest absolute Gasteiger partial charge is 0.454 e. The zero-order chi connectivity index (χ0) is 45.6. The molecule has 1 aliphatic heterocycles. The van der Waals surface area contributed by atoms with Crippen LogP contribution in [0.15, 0.2) is 49.2 Å². The molecule has 3 heterocycles. The number of cyclic esters (lactones) is 2. The second kappa shape index (κ2) is 14.6. The quantitative estimate of drug-likeness (QED) is 0.191. The summed E-state index contributed by atoms with van der Waals surface area (Å²) < 4.78 is 25.0. The molecular formula is C50H80N2O6. The Balaban J connectivity index is 2.39. The molecule has 0 saturated carbocycles. The van der Waals surface area contributed by atoms with E-state index in [-0.39, 0.29) is 27.6 Å². The van der Waals surface area contributed by atoms with Gasteiger partial charge >= 0.3 is 11.9 Å². The van der Waals surface area contributed by atoms with Gasteiger partial charge in [0.05, 0.1) is 0 Å². The van der Waals surface area contributed by atoms with Gasteiger partial charge in [0.25, 0.3) is 0 Å². The van der Waals surface area contributed by atoms with E-state index in [0.29, 0.717) is 11.8 Å². The van der Waals surface area contributed by atoms with Crippen molar-refractivity contribution in [1.29, 1.82) is 0 Å². The Morgan fingerprint density at radius 3 is 1.16 bits per heavy atom. The Hall–Kier alpha value is -3.42. The van der Waals surface area contributed by atoms with Crippen molar-refractivity contribution in [2.24, 2.45) is 37.9 Å². The summed E-state index contributed by atoms with van der Waals surface area (Å²) in [6, 6.07) is 0. The third-order valence-corrected chi connectivity index (χ3v) is 18.6. The number of rotatable bonds is 0. The van der Waals surface area contributed by atoms with Crippen molar-refractivity contribution in [3.8, 4) is 0 Å². The van der Waals surface area contributed by atoms with Gasteiger partial charge in [-0.25, -0.2) is 19.6 Å². The predicted octanol–water partition coefficient (Wildman–Crippen LogP) is 14.2. The van der Waals surface area contributed by atoms with Gasteiger partial charge in [-0.2, -0.15) is 0 Å². The molecule has 0 aliphatic carbocycles. The highest BCUT2D eigenvalue weighted by Gasteiger charge is 2.58. The van der Waals surface area contributed by atoms with Crippen LogP contribution in [0.1, 0.15) is 213 Å². The molecule has 0 fully saturated rings. The first-order valence-corrected chi connectivity index (χ1v) is 21.1. The summed E-state index contributed by atoms with van der Waals surface area (Å²) in [4.78, 5) is 37.6. The van der Waals surface area contributed by atoms with Crippen molar-refractivity contribution >= 4 is 17.5 Å². The summed E-state index contributed by atoms with van der Waals surface area (Å²) in [5, 5.41) is 0. The fraction of sp³-hybridized carbons (Fsp3) is 0.720. The predicted molar refractivity (Wildman–Crippen MR) is 237 cm³/mol. The number of hydrogen-bond acceptors (Lipinski definition) is 8. The zero-order valence-electron chi connectivity index (χ0n) is 41.5. The van der Waals surface area contributed by atoms with Gasteiger partial charge in [0.1, 0.15) is 23.7 Å². The Kier molecular flexibility index (Phi) is 12.4. The average Bonchev–Trinajstić information content (AvgIpc) is 3.80. The number of carbonyl (C=O) groups is 2. The van der Waals surface area contributed by atoms with Crippen LogP contribution in [-0.4, -0.2) is 33.1 Å². The van der Waals surface area contributed by atoms with Crippen molar-refractivity contribution < 1.29 is 27.9 Å². The Labute approximate surface area is 352 Å². The molecule has 8 heteroatoms. The SMILES string of the molecule is CC1=C(C)C(C)(C)C(C)(C)/C(C)=C(\C)c2nc(co2)C(=O)OC(C)(C)C(C)(C)/C(C)=C(/C)C(C)(C)C(C)(C)C(C)(C)C(C)(C)c2nc(co2)C(=O)OC(C)(C)C1(C)C. The van der Waals surface area contributed by atoms with E-state index in [4.69, 9.17) is 28.3 Å². The first-order valence-electron chi connectivity index (χ1n) is 21.1. The van der Waals surface area contributed by atoms with E-state index in [9.17, 15) is 9.59 Å². The number of hydrogen-bond donors (Lipinski definition) is 0. The van der Waals surface area contributed by atoms with Crippen LogP contribution in [0.25, 0.3) is 5.57 Å². The maximum absolute atomic E-state index is 14.0. The van der Waals surface area contributed by atoms with Crippen molar-refractivity contribution in [1.82, 2.24) is 9.97 Å². The van der Waals surface area contributed by atoms with Crippen LogP contribution < -0.4 is 0 Å². The topological polar surface area (TPSA) is 105 Å². The lowest BCUT2D eigenvalue weighted by molar-refractivity contribution is -0.0608. The van der Waals surface area contributed by atoms with Gasteiger partial charge in [-0.1, -0.05) is 139 Å². The fourth-order valence-corrected chi connectivity index (χ4v) is 8.66. The normalized spacial score (nSPS) is 28.0. The van der Waals surface area contributed by atoms with Gasteiger partial charge in [0.15, 0.2) is 11.4 Å². The second-order valence-electron chi connectivity index (χ2n) is 22.6. The first kappa shape index (κ1) is 48.9. The number of aromatic nitrogens is 2. The zero-order valence-corrected chi connectivity index (χ0v) is 41.5. The summed E-state index contributed by atoms with van der Waals surface area (Å²) in [6.07, 6.45) is 2.85. The van der Waals surface area contributed by atoms with E-state index in [2.05, 4.69) is 145 Å². The first-order chi connectivity index (χ1) is 25.6. The van der Waals surface area contributed by atoms with Gasteiger partial charge < -0.3 is 18.3 Å². The van der Waals surface area contributed by atoms with Crippen LogP contribution in [0.4, 0.5) is 0 Å². The van der Waals surface area contributed by atoms with Crippen LogP contribution in [0.2, 0.25) is 0 Å². The fourth-order valence-electron chi connectivity index (χ4n) is 8.66. The van der Waals surface area contributed by atoms with E-state index < -0.39 is 50.2 Å². The Bertz CT molecular complexity index is 2030. The number of fused-ring (bicyclic) bond motifs is 4. The molecule has 0 aromatic carbocycles. The molecule has 0 N–H and O–H groups in total. The minimum Gasteiger partial charge on any atom is -0.454 e. The molecule has 2 aromatic rings. The highest BCUT2D eigenvalue weighted by molar-refractivity contribution is 5.88. The minimum absolute atomic E-state index is 0.133. The van der Waals surface area contributed by atoms with Crippen LogP contribution in [0.3, 0.4) is 0 Å². The standard InChI is InChI=1S/C50H80N2O6/c1-29-30(2)41(7,8)42(9,10)31(3)33(5)44(13,14)49(23,24)58-39(54)36-28-56-40(52-36)46(17,18)48(21,22)47(19,20)43(11,12)32(4)34(6)45(15,16)50(25,26)57-38(53)35-27-55-37(29)51-35/h27-28H,1-26H3/b30-29+,33-31?,34-32-. The lowest BCUT2D eigenvalue weighted by Gasteiger charge is -2.59. The lowest BCUT2D eigenvalue weighted by atomic mass is 9.45. The monoisotopic (exact) mass is 805 g/mol. The summed E-state index contributed by atoms with van der Waals surface area (Å²) in [6.45, 7) is 56.0. The Morgan fingerprint density at radius 1 is 0.397 bits per heavy atom. The molecule has 0 radical (unpaired) electrons. The van der Waals surface area contributed by atoms with Gasteiger partial charge in [-0.05, 0) is 96.3 Å². The van der Waals surface area contributed by atoms with Crippen LogP contribution in [0.5, 0.6) is 0 Å². The van der Waals surface area contributed by atoms with Crippen molar-refractivity contribution in [3.05, 3.63) is 63.6 Å². The number of ether oxygens (including phenoxy) is 2. The summed E-state index contributed by atoms with van der Waals surface area (Å²) >= 11 is 0. The summed E-state index contributed by atoms with van der Waals surface area (Å²) in [5.74, 6) is -0.189. The van der Waals surface area contributed by atoms with Gasteiger partial charge in [0.2, 0.25) is 11.8 Å². The average molecular weight is 805 g/mol. The number of oxazole rings is 2. The van der Waals surface area contributed by atoms with Crippen LogP contribution in [-0.2, 0) is 14.9 Å². The second-order valence-corrected chi connectivity index (χ2v) is 22.6. The number of nitrogens with zero attached hydrogens (tertiary/aromatic N) is 2. The van der Waals surface area contributed by atoms with Crippen molar-refractivity contribution in [2.75, 3.05) is 0 Å². The maximum Gasteiger partial charge on any atom is 0.360 e. The smallest absolute Gasteiger partial charge is 0.360 e. The van der Waals surface area contributed by atoms with E-state index in [0.717, 1.165) is 22.3 Å². The Morgan fingerprint density at radius 2 is 0.724 bits per heavy atom. The third kappa shape index (κ3) is 7.28. The highest BCUT2D eigenvalue weighted by Crippen LogP contribution is 2.63. The van der Waals surface area contributed by atoms with E-state index in [1.165, 1.54) is 23.7 Å². The van der Waals surface area contributed by atoms with Gasteiger partial charge in [-0.15, -0.1) is 0 Å². The summed E-state index contributed by atoms with van der Waals surface area (Å²) in [5.41, 5.74) is 1.26. The number of allylic oxidation sites excluding steroid dienone is 4. The van der Waals surface area contributed by atoms with E-state index >= 15 is 0 Å². The molecule has 2 aromatic heterocycles. The highest BCUT2D eigenvalue weighted by atomic mass is 16.6. The maximum atomic E-state index is 14.0. The molecule has 326 valence electrons. The third-order valence-electron chi connectivity index (χ3n) is 18.6. The molecule has 8 nitrogen and oxygen atoms in total. The molecule has 4 bridgehead atoms. The molecule has 1 aliphatic rings. The number of esters is 2. The van der Waals surface area contributed by atoms with Crippen LogP contribution in [0, 0.1) is 37.9 Å². The number of carbonyl (C=O) groups excluding carboxylic acids is 2. The van der Waals surface area contributed by atoms with E-state index in [1.54, 1.807) is 0 Å². The van der Waals surface area contributed by atoms with Crippen molar-refractivity contribution in [3.63, 3.8) is 0 Å². The molecular weight excluding hydrogens is 725 g/mol. The van der Waals surface area contributed by atoms with Crippen molar-refractivity contribution in [2.45, 2.75) is 197 Å².